The second kappa shape index (κ2) is 8.48. The van der Waals surface area contributed by atoms with Crippen LogP contribution in [0.2, 0.25) is 0 Å². The number of aryl methyl sites for hydroxylation is 1. The molecule has 1 aliphatic heterocycles. The van der Waals surface area contributed by atoms with Crippen molar-refractivity contribution in [2.24, 2.45) is 0 Å². The average molecular weight is 358 g/mol. The molecule has 2 aromatic rings. The van der Waals surface area contributed by atoms with Gasteiger partial charge in [0.25, 0.3) is 5.91 Å². The van der Waals surface area contributed by atoms with Crippen molar-refractivity contribution in [3.63, 3.8) is 0 Å². The minimum Gasteiger partial charge on any atom is -0.484 e. The average Bonchev–Trinajstić information content (AvgIpc) is 3.06. The number of amides is 2. The smallest absolute Gasteiger partial charge is 0.260 e. The third-order valence-corrected chi connectivity index (χ3v) is 4.10. The van der Waals surface area contributed by atoms with Crippen LogP contribution in [0.15, 0.2) is 36.7 Å². The van der Waals surface area contributed by atoms with E-state index in [1.807, 2.05) is 6.92 Å². The highest BCUT2D eigenvalue weighted by atomic mass is 16.5. The lowest BCUT2D eigenvalue weighted by atomic mass is 10.3. The summed E-state index contributed by atoms with van der Waals surface area (Å²) in [6.07, 6.45) is 3.42. The van der Waals surface area contributed by atoms with Crippen LogP contribution in [-0.4, -0.2) is 59.2 Å². The van der Waals surface area contributed by atoms with Gasteiger partial charge in [0.15, 0.2) is 6.61 Å². The number of anilines is 1. The van der Waals surface area contributed by atoms with Crippen molar-refractivity contribution in [3.05, 3.63) is 42.5 Å². The molecule has 2 heterocycles. The Balaban J connectivity index is 1.46. The van der Waals surface area contributed by atoms with E-state index in [0.717, 1.165) is 5.82 Å². The SMILES string of the molecule is Cc1nccn1CC(=O)Nc1ccc(OCC(=O)N2CCOCC2)cc1. The summed E-state index contributed by atoms with van der Waals surface area (Å²) < 4.78 is 12.5. The first-order chi connectivity index (χ1) is 12.6. The molecule has 0 radical (unpaired) electrons. The molecule has 8 heteroatoms. The predicted molar refractivity (Wildman–Crippen MR) is 94.9 cm³/mol. The number of hydrogen-bond acceptors (Lipinski definition) is 5. The molecular weight excluding hydrogens is 336 g/mol. The van der Waals surface area contributed by atoms with Gasteiger partial charge in [-0.15, -0.1) is 0 Å². The maximum absolute atomic E-state index is 12.1. The van der Waals surface area contributed by atoms with Crippen LogP contribution in [0.3, 0.4) is 0 Å². The number of carbonyl (C=O) groups is 2. The molecule has 1 aromatic carbocycles. The van der Waals surface area contributed by atoms with E-state index < -0.39 is 0 Å². The minimum absolute atomic E-state index is 0.00832. The van der Waals surface area contributed by atoms with E-state index in [0.29, 0.717) is 37.7 Å². The highest BCUT2D eigenvalue weighted by Crippen LogP contribution is 2.16. The lowest BCUT2D eigenvalue weighted by Crippen LogP contribution is -2.42. The number of imidazole rings is 1. The molecule has 0 spiro atoms. The summed E-state index contributed by atoms with van der Waals surface area (Å²) in [7, 11) is 0. The van der Waals surface area contributed by atoms with Gasteiger partial charge in [0.2, 0.25) is 5.91 Å². The van der Waals surface area contributed by atoms with E-state index >= 15 is 0 Å². The van der Waals surface area contributed by atoms with E-state index in [1.165, 1.54) is 0 Å². The van der Waals surface area contributed by atoms with E-state index in [9.17, 15) is 9.59 Å². The highest BCUT2D eigenvalue weighted by Gasteiger charge is 2.17. The van der Waals surface area contributed by atoms with Crippen molar-refractivity contribution >= 4 is 17.5 Å². The number of ether oxygens (including phenoxy) is 2. The van der Waals surface area contributed by atoms with Crippen LogP contribution in [0.4, 0.5) is 5.69 Å². The predicted octanol–water partition coefficient (Wildman–Crippen LogP) is 1.07. The van der Waals surface area contributed by atoms with Gasteiger partial charge >= 0.3 is 0 Å². The molecule has 1 aromatic heterocycles. The van der Waals surface area contributed by atoms with Gasteiger partial charge in [-0.2, -0.15) is 0 Å². The number of nitrogens with one attached hydrogen (secondary N) is 1. The Bertz CT molecular complexity index is 751. The van der Waals surface area contributed by atoms with Crippen LogP contribution in [0, 0.1) is 6.92 Å². The van der Waals surface area contributed by atoms with Gasteiger partial charge in [0.1, 0.15) is 18.1 Å². The fraction of sp³-hybridized carbons (Fsp3) is 0.389. The van der Waals surface area contributed by atoms with E-state index in [4.69, 9.17) is 9.47 Å². The number of aromatic nitrogens is 2. The summed E-state index contributed by atoms with van der Waals surface area (Å²) >= 11 is 0. The van der Waals surface area contributed by atoms with Crippen LogP contribution in [-0.2, 0) is 20.9 Å². The first-order valence-electron chi connectivity index (χ1n) is 8.48. The number of carbonyl (C=O) groups excluding carboxylic acids is 2. The van der Waals surface area contributed by atoms with Gasteiger partial charge in [-0.05, 0) is 31.2 Å². The minimum atomic E-state index is -0.137. The van der Waals surface area contributed by atoms with Gasteiger partial charge in [-0.3, -0.25) is 9.59 Å². The van der Waals surface area contributed by atoms with Gasteiger partial charge in [0.05, 0.1) is 13.2 Å². The summed E-state index contributed by atoms with van der Waals surface area (Å²) in [4.78, 5) is 29.9. The Morgan fingerprint density at radius 3 is 2.62 bits per heavy atom. The Hall–Kier alpha value is -2.87. The number of morpholine rings is 1. The molecule has 0 aliphatic carbocycles. The van der Waals surface area contributed by atoms with Crippen LogP contribution in [0.5, 0.6) is 5.75 Å². The Morgan fingerprint density at radius 1 is 1.23 bits per heavy atom. The van der Waals surface area contributed by atoms with Gasteiger partial charge in [0, 0.05) is 31.2 Å². The standard InChI is InChI=1S/C18H22N4O4/c1-14-19-6-7-22(14)12-17(23)20-15-2-4-16(5-3-15)26-13-18(24)21-8-10-25-11-9-21/h2-7H,8-13H2,1H3,(H,20,23). The monoisotopic (exact) mass is 358 g/mol. The van der Waals surface area contributed by atoms with Crippen LogP contribution in [0.25, 0.3) is 0 Å². The number of nitrogens with zero attached hydrogens (tertiary/aromatic N) is 3. The fourth-order valence-corrected chi connectivity index (χ4v) is 2.61. The van der Waals surface area contributed by atoms with Crippen molar-refractivity contribution in [1.29, 1.82) is 0 Å². The van der Waals surface area contributed by atoms with Crippen LogP contribution in [0.1, 0.15) is 5.82 Å². The molecule has 0 atom stereocenters. The van der Waals surface area contributed by atoms with Gasteiger partial charge < -0.3 is 24.3 Å². The Morgan fingerprint density at radius 2 is 1.96 bits per heavy atom. The third-order valence-electron chi connectivity index (χ3n) is 4.10. The summed E-state index contributed by atoms with van der Waals surface area (Å²) in [6.45, 7) is 4.38. The first-order valence-corrected chi connectivity index (χ1v) is 8.48. The maximum atomic E-state index is 12.1. The second-order valence-corrected chi connectivity index (χ2v) is 5.96. The number of rotatable bonds is 6. The molecule has 2 amide bonds. The lowest BCUT2D eigenvalue weighted by Gasteiger charge is -2.26. The van der Waals surface area contributed by atoms with Crippen molar-refractivity contribution in [3.8, 4) is 5.75 Å². The lowest BCUT2D eigenvalue weighted by molar-refractivity contribution is -0.137. The molecule has 0 bridgehead atoms. The third kappa shape index (κ3) is 4.82. The molecule has 1 aliphatic rings. The van der Waals surface area contributed by atoms with E-state index in [1.54, 1.807) is 46.1 Å². The molecule has 26 heavy (non-hydrogen) atoms. The molecule has 1 fully saturated rings. The quantitative estimate of drug-likeness (QED) is 0.835. The summed E-state index contributed by atoms with van der Waals surface area (Å²) in [5.74, 6) is 1.17. The topological polar surface area (TPSA) is 85.7 Å². The molecule has 1 saturated heterocycles. The molecule has 138 valence electrons. The van der Waals surface area contributed by atoms with Crippen LogP contribution < -0.4 is 10.1 Å². The second-order valence-electron chi connectivity index (χ2n) is 5.96. The molecule has 3 rings (SSSR count). The van der Waals surface area contributed by atoms with Gasteiger partial charge in [-0.1, -0.05) is 0 Å². The normalized spacial score (nSPS) is 14.1. The fourth-order valence-electron chi connectivity index (χ4n) is 2.61. The molecule has 8 nitrogen and oxygen atoms in total. The first kappa shape index (κ1) is 17.9. The number of benzene rings is 1. The largest absolute Gasteiger partial charge is 0.484 e. The summed E-state index contributed by atoms with van der Waals surface area (Å²) in [5, 5.41) is 2.82. The summed E-state index contributed by atoms with van der Waals surface area (Å²) in [6, 6.07) is 6.94. The van der Waals surface area contributed by atoms with E-state index in [-0.39, 0.29) is 25.0 Å². The zero-order valence-corrected chi connectivity index (χ0v) is 14.7. The van der Waals surface area contributed by atoms with Crippen LogP contribution >= 0.6 is 0 Å². The molecule has 0 saturated carbocycles. The molecule has 1 N–H and O–H groups in total. The van der Waals surface area contributed by atoms with E-state index in [2.05, 4.69) is 10.3 Å². The van der Waals surface area contributed by atoms with Crippen molar-refractivity contribution in [1.82, 2.24) is 14.5 Å². The van der Waals surface area contributed by atoms with Gasteiger partial charge in [-0.25, -0.2) is 4.98 Å². The van der Waals surface area contributed by atoms with Crippen molar-refractivity contribution < 1.29 is 19.1 Å². The Kier molecular flexibility index (Phi) is 5.85. The molecule has 0 unspecified atom stereocenters. The number of hydrogen-bond donors (Lipinski definition) is 1. The summed E-state index contributed by atoms with van der Waals surface area (Å²) in [5.41, 5.74) is 0.666. The van der Waals surface area contributed by atoms with Crippen molar-refractivity contribution in [2.45, 2.75) is 13.5 Å². The maximum Gasteiger partial charge on any atom is 0.260 e. The Labute approximate surface area is 151 Å². The zero-order valence-electron chi connectivity index (χ0n) is 14.7. The highest BCUT2D eigenvalue weighted by molar-refractivity contribution is 5.90. The molecular formula is C18H22N4O4. The zero-order chi connectivity index (χ0) is 18.4. The van der Waals surface area contributed by atoms with Crippen molar-refractivity contribution in [2.75, 3.05) is 38.2 Å².